The summed E-state index contributed by atoms with van der Waals surface area (Å²) in [5.74, 6) is 0. The van der Waals surface area contributed by atoms with Gasteiger partial charge in [0, 0.05) is 11.4 Å². The van der Waals surface area contributed by atoms with Gasteiger partial charge in [-0.2, -0.15) is 0 Å². The molecule has 0 bridgehead atoms. The number of rotatable bonds is 4. The Labute approximate surface area is 109 Å². The second-order valence-electron chi connectivity index (χ2n) is 3.84. The molecule has 0 fully saturated rings. The van der Waals surface area contributed by atoms with E-state index >= 15 is 0 Å². The smallest absolute Gasteiger partial charge is 0.262 e. The zero-order chi connectivity index (χ0) is 12.4. The zero-order valence-electron chi connectivity index (χ0n) is 10.3. The molecule has 0 atom stereocenters. The van der Waals surface area contributed by atoms with Gasteiger partial charge in [0.05, 0.1) is 5.39 Å². The largest absolute Gasteiger partial charge is 0.287 e. The van der Waals surface area contributed by atoms with Gasteiger partial charge in [-0.1, -0.05) is 25.6 Å². The van der Waals surface area contributed by atoms with E-state index < -0.39 is 0 Å². The van der Waals surface area contributed by atoms with E-state index in [0.717, 1.165) is 34.8 Å². The fraction of sp³-hybridized carbons (Fsp3) is 0.500. The molecule has 17 heavy (non-hydrogen) atoms. The van der Waals surface area contributed by atoms with E-state index in [1.54, 1.807) is 15.9 Å². The van der Waals surface area contributed by atoms with Crippen LogP contribution in [-0.4, -0.2) is 15.8 Å². The van der Waals surface area contributed by atoms with E-state index in [1.807, 2.05) is 12.3 Å². The van der Waals surface area contributed by atoms with E-state index in [-0.39, 0.29) is 5.56 Å². The lowest BCUT2D eigenvalue weighted by molar-refractivity contribution is 0.586. The number of aromatic nitrogens is 2. The maximum Gasteiger partial charge on any atom is 0.262 e. The first-order valence-corrected chi connectivity index (χ1v) is 7.82. The highest BCUT2D eigenvalue weighted by Gasteiger charge is 2.12. The van der Waals surface area contributed by atoms with Crippen molar-refractivity contribution in [1.29, 1.82) is 0 Å². The summed E-state index contributed by atoms with van der Waals surface area (Å²) in [6, 6.07) is 1.99. The summed E-state index contributed by atoms with van der Waals surface area (Å²) in [6.07, 6.45) is 3.88. The Bertz CT molecular complexity index is 586. The molecule has 0 saturated carbocycles. The van der Waals surface area contributed by atoms with E-state index in [2.05, 4.69) is 18.8 Å². The summed E-state index contributed by atoms with van der Waals surface area (Å²) >= 11 is 3.17. The highest BCUT2D eigenvalue weighted by Crippen LogP contribution is 2.24. The lowest BCUT2D eigenvalue weighted by atomic mass is 10.3. The standard InChI is InChI=1S/C12H16N2OS2/c1-4-6-14-11(15)9-7-8(5-2)17-10(9)13-12(14)16-3/h7H,4-6H2,1-3H3. The summed E-state index contributed by atoms with van der Waals surface area (Å²) in [6.45, 7) is 4.92. The Kier molecular flexibility index (Phi) is 3.89. The quantitative estimate of drug-likeness (QED) is 0.631. The molecule has 3 nitrogen and oxygen atoms in total. The third kappa shape index (κ3) is 2.26. The predicted octanol–water partition coefficient (Wildman–Crippen LogP) is 3.15. The molecule has 2 rings (SSSR count). The SMILES string of the molecule is CCCn1c(SC)nc2sc(CC)cc2c1=O. The minimum Gasteiger partial charge on any atom is -0.287 e. The monoisotopic (exact) mass is 268 g/mol. The topological polar surface area (TPSA) is 34.9 Å². The Hall–Kier alpha value is -0.810. The van der Waals surface area contributed by atoms with E-state index in [4.69, 9.17) is 0 Å². The normalized spacial score (nSPS) is 11.2. The number of fused-ring (bicyclic) bond motifs is 1. The van der Waals surface area contributed by atoms with Gasteiger partial charge in [-0.15, -0.1) is 11.3 Å². The van der Waals surface area contributed by atoms with Crippen molar-refractivity contribution in [3.63, 3.8) is 0 Å². The molecular formula is C12H16N2OS2. The second-order valence-corrected chi connectivity index (χ2v) is 5.73. The number of hydrogen-bond donors (Lipinski definition) is 0. The number of thioether (sulfide) groups is 1. The fourth-order valence-electron chi connectivity index (χ4n) is 1.80. The number of nitrogens with zero attached hydrogens (tertiary/aromatic N) is 2. The van der Waals surface area contributed by atoms with Gasteiger partial charge in [-0.05, 0) is 25.2 Å². The maximum absolute atomic E-state index is 12.3. The average molecular weight is 268 g/mol. The lowest BCUT2D eigenvalue weighted by Crippen LogP contribution is -2.22. The third-order valence-corrected chi connectivity index (χ3v) is 4.50. The number of thiophene rings is 1. The van der Waals surface area contributed by atoms with Crippen LogP contribution >= 0.6 is 23.1 Å². The van der Waals surface area contributed by atoms with E-state index in [0.29, 0.717) is 0 Å². The molecule has 0 aliphatic heterocycles. The molecule has 5 heteroatoms. The van der Waals surface area contributed by atoms with Gasteiger partial charge in [0.2, 0.25) is 0 Å². The number of aryl methyl sites for hydroxylation is 1. The van der Waals surface area contributed by atoms with Crippen molar-refractivity contribution in [3.05, 3.63) is 21.3 Å². The van der Waals surface area contributed by atoms with Crippen molar-refractivity contribution >= 4 is 33.3 Å². The zero-order valence-corrected chi connectivity index (χ0v) is 12.0. The molecule has 0 amide bonds. The van der Waals surface area contributed by atoms with Gasteiger partial charge < -0.3 is 0 Å². The molecule has 0 aliphatic rings. The minimum absolute atomic E-state index is 0.108. The molecule has 0 saturated heterocycles. The summed E-state index contributed by atoms with van der Waals surface area (Å²) in [4.78, 5) is 19.0. The molecule has 2 aromatic heterocycles. The van der Waals surface area contributed by atoms with Gasteiger partial charge in [-0.3, -0.25) is 9.36 Å². The van der Waals surface area contributed by atoms with E-state index in [9.17, 15) is 4.79 Å². The van der Waals surface area contributed by atoms with Crippen LogP contribution in [0.3, 0.4) is 0 Å². The Morgan fingerprint density at radius 1 is 1.47 bits per heavy atom. The summed E-state index contributed by atoms with van der Waals surface area (Å²) in [7, 11) is 0. The van der Waals surface area contributed by atoms with Crippen LogP contribution in [0, 0.1) is 0 Å². The summed E-state index contributed by atoms with van der Waals surface area (Å²) < 4.78 is 1.79. The van der Waals surface area contributed by atoms with Gasteiger partial charge in [0.25, 0.3) is 5.56 Å². The fourth-order valence-corrected chi connectivity index (χ4v) is 3.39. The first kappa shape index (κ1) is 12.6. The average Bonchev–Trinajstić information content (AvgIpc) is 2.76. The Morgan fingerprint density at radius 2 is 2.24 bits per heavy atom. The van der Waals surface area contributed by atoms with Crippen molar-refractivity contribution in [2.75, 3.05) is 6.26 Å². The van der Waals surface area contributed by atoms with Crippen LogP contribution in [0.5, 0.6) is 0 Å². The maximum atomic E-state index is 12.3. The molecule has 0 unspecified atom stereocenters. The molecular weight excluding hydrogens is 252 g/mol. The summed E-state index contributed by atoms with van der Waals surface area (Å²) in [5, 5.41) is 1.60. The first-order chi connectivity index (χ1) is 8.21. The first-order valence-electron chi connectivity index (χ1n) is 5.78. The molecule has 0 radical (unpaired) electrons. The Morgan fingerprint density at radius 3 is 2.82 bits per heavy atom. The Balaban J connectivity index is 2.71. The van der Waals surface area contributed by atoms with Crippen LogP contribution in [0.15, 0.2) is 16.0 Å². The van der Waals surface area contributed by atoms with Crippen LogP contribution < -0.4 is 5.56 Å². The van der Waals surface area contributed by atoms with Crippen LogP contribution in [0.2, 0.25) is 0 Å². The predicted molar refractivity (Wildman–Crippen MR) is 75.3 cm³/mol. The minimum atomic E-state index is 0.108. The van der Waals surface area contributed by atoms with Crippen LogP contribution in [0.4, 0.5) is 0 Å². The van der Waals surface area contributed by atoms with Gasteiger partial charge >= 0.3 is 0 Å². The van der Waals surface area contributed by atoms with Crippen LogP contribution in [-0.2, 0) is 13.0 Å². The highest BCUT2D eigenvalue weighted by molar-refractivity contribution is 7.98. The van der Waals surface area contributed by atoms with E-state index in [1.165, 1.54) is 16.6 Å². The molecule has 92 valence electrons. The molecule has 0 spiro atoms. The van der Waals surface area contributed by atoms with Crippen LogP contribution in [0.25, 0.3) is 10.2 Å². The van der Waals surface area contributed by atoms with Crippen LogP contribution in [0.1, 0.15) is 25.1 Å². The van der Waals surface area contributed by atoms with Crippen molar-refractivity contribution in [2.24, 2.45) is 0 Å². The third-order valence-electron chi connectivity index (χ3n) is 2.65. The molecule has 0 aromatic carbocycles. The molecule has 0 aliphatic carbocycles. The highest BCUT2D eigenvalue weighted by atomic mass is 32.2. The summed E-state index contributed by atoms with van der Waals surface area (Å²) in [5.41, 5.74) is 0.108. The van der Waals surface area contributed by atoms with Crippen molar-refractivity contribution in [2.45, 2.75) is 38.4 Å². The molecule has 0 N–H and O–H groups in total. The van der Waals surface area contributed by atoms with Gasteiger partial charge in [0.1, 0.15) is 4.83 Å². The van der Waals surface area contributed by atoms with Gasteiger partial charge in [0.15, 0.2) is 5.16 Å². The van der Waals surface area contributed by atoms with Crippen molar-refractivity contribution in [3.8, 4) is 0 Å². The van der Waals surface area contributed by atoms with Crippen molar-refractivity contribution < 1.29 is 0 Å². The second kappa shape index (κ2) is 5.23. The number of hydrogen-bond acceptors (Lipinski definition) is 4. The molecule has 2 aromatic rings. The molecule has 2 heterocycles. The lowest BCUT2D eigenvalue weighted by Gasteiger charge is -2.08. The van der Waals surface area contributed by atoms with Gasteiger partial charge in [-0.25, -0.2) is 4.98 Å². The van der Waals surface area contributed by atoms with Crippen molar-refractivity contribution in [1.82, 2.24) is 9.55 Å².